The Bertz CT molecular complexity index is 760. The van der Waals surface area contributed by atoms with Crippen LogP contribution in [0.1, 0.15) is 57.7 Å². The van der Waals surface area contributed by atoms with Crippen molar-refractivity contribution in [2.45, 2.75) is 52.4 Å². The summed E-state index contributed by atoms with van der Waals surface area (Å²) in [6.07, 6.45) is 5.01. The molecule has 0 atom stereocenters. The van der Waals surface area contributed by atoms with Crippen LogP contribution in [0.5, 0.6) is 0 Å². The van der Waals surface area contributed by atoms with Crippen molar-refractivity contribution < 1.29 is 9.59 Å². The average molecular weight is 342 g/mol. The second-order valence-electron chi connectivity index (χ2n) is 6.32. The third-order valence-electron chi connectivity index (χ3n) is 4.52. The molecule has 1 aliphatic carbocycles. The van der Waals surface area contributed by atoms with Gasteiger partial charge in [-0.2, -0.15) is 0 Å². The summed E-state index contributed by atoms with van der Waals surface area (Å²) in [5.74, 6) is -0.125. The van der Waals surface area contributed by atoms with Crippen LogP contribution in [0, 0.1) is 13.8 Å². The third kappa shape index (κ3) is 3.90. The minimum atomic E-state index is -0.157. The third-order valence-corrected chi connectivity index (χ3v) is 5.51. The molecule has 0 saturated heterocycles. The number of carbonyl (C=O) groups is 2. The number of aromatic nitrogens is 1. The van der Waals surface area contributed by atoms with Gasteiger partial charge >= 0.3 is 0 Å². The van der Waals surface area contributed by atoms with Crippen LogP contribution in [0.3, 0.4) is 0 Å². The maximum Gasteiger partial charge on any atom is 0.226 e. The van der Waals surface area contributed by atoms with Crippen LogP contribution in [0.2, 0.25) is 0 Å². The highest BCUT2D eigenvalue weighted by atomic mass is 32.1. The van der Waals surface area contributed by atoms with E-state index in [1.165, 1.54) is 35.3 Å². The van der Waals surface area contributed by atoms with E-state index in [1.54, 1.807) is 0 Å². The molecular formula is C19H22N2O2S. The number of hydrogen-bond donors (Lipinski definition) is 1. The molecular weight excluding hydrogens is 320 g/mol. The second-order valence-corrected chi connectivity index (χ2v) is 7.53. The number of amides is 1. The van der Waals surface area contributed by atoms with Crippen molar-refractivity contribution >= 4 is 28.2 Å². The van der Waals surface area contributed by atoms with E-state index >= 15 is 0 Å². The molecule has 0 bridgehead atoms. The first-order valence-electron chi connectivity index (χ1n) is 8.42. The molecule has 126 valence electrons. The number of thiazole rings is 1. The Hall–Kier alpha value is -2.01. The van der Waals surface area contributed by atoms with Crippen molar-refractivity contribution in [1.29, 1.82) is 0 Å². The Morgan fingerprint density at radius 2 is 1.88 bits per heavy atom. The van der Waals surface area contributed by atoms with Gasteiger partial charge in [0.2, 0.25) is 5.91 Å². The van der Waals surface area contributed by atoms with Gasteiger partial charge in [0, 0.05) is 23.3 Å². The lowest BCUT2D eigenvalue weighted by Crippen LogP contribution is -2.14. The number of fused-ring (bicyclic) bond motifs is 1. The van der Waals surface area contributed by atoms with Gasteiger partial charge in [0.15, 0.2) is 10.9 Å². The maximum absolute atomic E-state index is 12.4. The fraction of sp³-hybridized carbons (Fsp3) is 0.421. The monoisotopic (exact) mass is 342 g/mol. The lowest BCUT2D eigenvalue weighted by atomic mass is 9.89. The number of carbonyl (C=O) groups excluding carboxylic acids is 2. The van der Waals surface area contributed by atoms with Gasteiger partial charge in [0.25, 0.3) is 0 Å². The number of aryl methyl sites for hydroxylation is 4. The zero-order valence-corrected chi connectivity index (χ0v) is 15.0. The predicted molar refractivity (Wildman–Crippen MR) is 96.9 cm³/mol. The normalized spacial score (nSPS) is 13.4. The van der Waals surface area contributed by atoms with Gasteiger partial charge in [0.1, 0.15) is 0 Å². The first kappa shape index (κ1) is 16.8. The van der Waals surface area contributed by atoms with E-state index in [-0.39, 0.29) is 24.5 Å². The van der Waals surface area contributed by atoms with Crippen molar-refractivity contribution in [2.75, 3.05) is 5.32 Å². The minimum Gasteiger partial charge on any atom is -0.302 e. The van der Waals surface area contributed by atoms with Crippen LogP contribution in [-0.2, 0) is 17.6 Å². The SMILES string of the molecule is Cc1nc(NC(=O)CCC(=O)c2ccc3c(c2)CCCC3)sc1C. The van der Waals surface area contributed by atoms with Gasteiger partial charge in [-0.1, -0.05) is 12.1 Å². The van der Waals surface area contributed by atoms with E-state index in [1.807, 2.05) is 26.0 Å². The van der Waals surface area contributed by atoms with Crippen LogP contribution in [-0.4, -0.2) is 16.7 Å². The standard InChI is InChI=1S/C19H22N2O2S/c1-12-13(2)24-19(20-12)21-18(23)10-9-17(22)16-8-7-14-5-3-4-6-15(14)11-16/h7-8,11H,3-6,9-10H2,1-2H3,(H,20,21,23). The lowest BCUT2D eigenvalue weighted by molar-refractivity contribution is -0.116. The Balaban J connectivity index is 1.56. The maximum atomic E-state index is 12.4. The zero-order valence-electron chi connectivity index (χ0n) is 14.1. The Labute approximate surface area is 146 Å². The number of Topliss-reactive ketones (excluding diaryl/α,β-unsaturated/α-hetero) is 1. The van der Waals surface area contributed by atoms with Gasteiger partial charge in [-0.25, -0.2) is 4.98 Å². The van der Waals surface area contributed by atoms with Crippen molar-refractivity contribution in [2.24, 2.45) is 0 Å². The van der Waals surface area contributed by atoms with Gasteiger partial charge in [0.05, 0.1) is 5.69 Å². The Morgan fingerprint density at radius 1 is 1.12 bits per heavy atom. The number of anilines is 1. The molecule has 2 aromatic rings. The van der Waals surface area contributed by atoms with Crippen LogP contribution in [0.25, 0.3) is 0 Å². The minimum absolute atomic E-state index is 0.0324. The second kappa shape index (κ2) is 7.26. The number of ketones is 1. The summed E-state index contributed by atoms with van der Waals surface area (Å²) in [4.78, 5) is 29.7. The Kier molecular flexibility index (Phi) is 5.09. The number of hydrogen-bond acceptors (Lipinski definition) is 4. The van der Waals surface area contributed by atoms with E-state index in [0.29, 0.717) is 5.13 Å². The molecule has 24 heavy (non-hydrogen) atoms. The molecule has 0 radical (unpaired) electrons. The smallest absolute Gasteiger partial charge is 0.226 e. The van der Waals surface area contributed by atoms with Crippen LogP contribution in [0.4, 0.5) is 5.13 Å². The molecule has 0 unspecified atom stereocenters. The van der Waals surface area contributed by atoms with E-state index in [0.717, 1.165) is 29.0 Å². The summed E-state index contributed by atoms with van der Waals surface area (Å²) >= 11 is 1.46. The molecule has 5 heteroatoms. The highest BCUT2D eigenvalue weighted by Crippen LogP contribution is 2.23. The van der Waals surface area contributed by atoms with E-state index < -0.39 is 0 Å². The van der Waals surface area contributed by atoms with Gasteiger partial charge in [-0.05, 0) is 56.7 Å². The predicted octanol–water partition coefficient (Wildman–Crippen LogP) is 4.24. The molecule has 0 aliphatic heterocycles. The van der Waals surface area contributed by atoms with Crippen LogP contribution >= 0.6 is 11.3 Å². The molecule has 0 spiro atoms. The molecule has 4 nitrogen and oxygen atoms in total. The van der Waals surface area contributed by atoms with Crippen molar-refractivity contribution in [3.05, 3.63) is 45.5 Å². The number of rotatable bonds is 5. The van der Waals surface area contributed by atoms with Crippen molar-refractivity contribution in [1.82, 2.24) is 4.98 Å². The summed E-state index contributed by atoms with van der Waals surface area (Å²) in [6, 6.07) is 5.99. The highest BCUT2D eigenvalue weighted by molar-refractivity contribution is 7.15. The van der Waals surface area contributed by atoms with Crippen LogP contribution < -0.4 is 5.32 Å². The summed E-state index contributed by atoms with van der Waals surface area (Å²) in [7, 11) is 0. The average Bonchev–Trinajstić information content (AvgIpc) is 2.89. The van der Waals surface area contributed by atoms with Crippen molar-refractivity contribution in [3.8, 4) is 0 Å². The number of benzene rings is 1. The summed E-state index contributed by atoms with van der Waals surface area (Å²) < 4.78 is 0. The molecule has 1 aromatic carbocycles. The molecule has 1 heterocycles. The Morgan fingerprint density at radius 3 is 2.58 bits per heavy atom. The molecule has 1 aliphatic rings. The molecule has 1 aromatic heterocycles. The molecule has 3 rings (SSSR count). The first-order valence-corrected chi connectivity index (χ1v) is 9.23. The number of nitrogens with one attached hydrogen (secondary N) is 1. The molecule has 0 fully saturated rings. The quantitative estimate of drug-likeness (QED) is 0.827. The van der Waals surface area contributed by atoms with Crippen LogP contribution in [0.15, 0.2) is 18.2 Å². The zero-order chi connectivity index (χ0) is 17.1. The summed E-state index contributed by atoms with van der Waals surface area (Å²) in [5, 5.41) is 3.38. The van der Waals surface area contributed by atoms with Gasteiger partial charge in [-0.15, -0.1) is 11.3 Å². The number of nitrogens with zero attached hydrogens (tertiary/aromatic N) is 1. The molecule has 0 saturated carbocycles. The fourth-order valence-corrected chi connectivity index (χ4v) is 3.82. The highest BCUT2D eigenvalue weighted by Gasteiger charge is 2.15. The molecule has 1 amide bonds. The van der Waals surface area contributed by atoms with Crippen molar-refractivity contribution in [3.63, 3.8) is 0 Å². The fourth-order valence-electron chi connectivity index (χ4n) is 2.99. The molecule has 1 N–H and O–H groups in total. The first-order chi connectivity index (χ1) is 11.5. The van der Waals surface area contributed by atoms with E-state index in [2.05, 4.69) is 16.4 Å². The van der Waals surface area contributed by atoms with E-state index in [9.17, 15) is 9.59 Å². The topological polar surface area (TPSA) is 59.1 Å². The summed E-state index contributed by atoms with van der Waals surface area (Å²) in [5.41, 5.74) is 4.32. The van der Waals surface area contributed by atoms with Gasteiger partial charge < -0.3 is 5.32 Å². The van der Waals surface area contributed by atoms with E-state index in [4.69, 9.17) is 0 Å². The largest absolute Gasteiger partial charge is 0.302 e. The van der Waals surface area contributed by atoms with Gasteiger partial charge in [-0.3, -0.25) is 9.59 Å². The lowest BCUT2D eigenvalue weighted by Gasteiger charge is -2.16. The summed E-state index contributed by atoms with van der Waals surface area (Å²) in [6.45, 7) is 3.89.